The van der Waals surface area contributed by atoms with Crippen molar-refractivity contribution >= 4 is 5.69 Å². The van der Waals surface area contributed by atoms with Gasteiger partial charge in [-0.3, -0.25) is 4.68 Å². The summed E-state index contributed by atoms with van der Waals surface area (Å²) < 4.78 is 1.83. The molecule has 0 bridgehead atoms. The maximum absolute atomic E-state index is 9.40. The predicted molar refractivity (Wildman–Crippen MR) is 63.4 cm³/mol. The van der Waals surface area contributed by atoms with Gasteiger partial charge in [-0.1, -0.05) is 0 Å². The summed E-state index contributed by atoms with van der Waals surface area (Å²) in [5, 5.41) is 16.8. The predicted octanol–water partition coefficient (Wildman–Crippen LogP) is 2.05. The van der Waals surface area contributed by atoms with Gasteiger partial charge >= 0.3 is 0 Å². The van der Waals surface area contributed by atoms with Crippen LogP contribution in [0.1, 0.15) is 11.3 Å². The van der Waals surface area contributed by atoms with Crippen LogP contribution in [0.15, 0.2) is 30.5 Å². The molecule has 0 aliphatic heterocycles. The molecule has 16 heavy (non-hydrogen) atoms. The summed E-state index contributed by atoms with van der Waals surface area (Å²) in [6.45, 7) is 2.60. The lowest BCUT2D eigenvalue weighted by Crippen LogP contribution is -2.05. The van der Waals surface area contributed by atoms with Crippen molar-refractivity contribution in [1.29, 1.82) is 0 Å². The average Bonchev–Trinajstić information content (AvgIpc) is 2.66. The fourth-order valence-electron chi connectivity index (χ4n) is 1.53. The largest absolute Gasteiger partial charge is 0.508 e. The number of nitrogens with one attached hydrogen (secondary N) is 1. The lowest BCUT2D eigenvalue weighted by molar-refractivity contribution is 0.471. The summed E-state index contributed by atoms with van der Waals surface area (Å²) in [7, 11) is 1.92. The van der Waals surface area contributed by atoms with Crippen LogP contribution in [0.5, 0.6) is 5.75 Å². The Morgan fingerprint density at radius 1 is 1.38 bits per heavy atom. The molecular formula is C12H15N3O. The summed E-state index contributed by atoms with van der Waals surface area (Å²) in [6.07, 6.45) is 1.78. The Bertz CT molecular complexity index is 491. The van der Waals surface area contributed by atoms with Gasteiger partial charge in [-0.2, -0.15) is 5.10 Å². The van der Waals surface area contributed by atoms with Gasteiger partial charge in [0.2, 0.25) is 0 Å². The fraction of sp³-hybridized carbons (Fsp3) is 0.250. The zero-order chi connectivity index (χ0) is 11.5. The Labute approximate surface area is 94.5 Å². The van der Waals surface area contributed by atoms with Gasteiger partial charge in [-0.25, -0.2) is 0 Å². The molecule has 0 amide bonds. The van der Waals surface area contributed by atoms with E-state index >= 15 is 0 Å². The summed E-state index contributed by atoms with van der Waals surface area (Å²) in [5.74, 6) is 0.325. The van der Waals surface area contributed by atoms with E-state index in [1.807, 2.05) is 36.9 Å². The Balaban J connectivity index is 2.05. The van der Waals surface area contributed by atoms with Gasteiger partial charge in [0, 0.05) is 18.9 Å². The molecule has 2 aromatic rings. The third kappa shape index (κ3) is 2.16. The van der Waals surface area contributed by atoms with E-state index in [-0.39, 0.29) is 0 Å². The molecule has 0 fully saturated rings. The summed E-state index contributed by atoms with van der Waals surface area (Å²) in [5.41, 5.74) is 2.98. The van der Waals surface area contributed by atoms with Crippen molar-refractivity contribution in [1.82, 2.24) is 9.78 Å². The van der Waals surface area contributed by atoms with E-state index < -0.39 is 0 Å². The van der Waals surface area contributed by atoms with Crippen LogP contribution in [0, 0.1) is 6.92 Å². The van der Waals surface area contributed by atoms with Crippen LogP contribution in [-0.4, -0.2) is 14.9 Å². The molecule has 0 atom stereocenters. The van der Waals surface area contributed by atoms with Crippen molar-refractivity contribution in [3.8, 4) is 5.75 Å². The van der Waals surface area contributed by atoms with Gasteiger partial charge in [0.05, 0.1) is 12.2 Å². The fourth-order valence-corrected chi connectivity index (χ4v) is 1.53. The lowest BCUT2D eigenvalue weighted by atomic mass is 10.2. The Kier molecular flexibility index (Phi) is 2.81. The maximum Gasteiger partial charge on any atom is 0.118 e. The lowest BCUT2D eigenvalue weighted by Gasteiger charge is -2.08. The molecule has 0 radical (unpaired) electrons. The SMILES string of the molecule is Cc1cc(NCc2ccnn2C)ccc1O. The maximum atomic E-state index is 9.40. The Morgan fingerprint density at radius 3 is 2.81 bits per heavy atom. The number of benzene rings is 1. The van der Waals surface area contributed by atoms with E-state index in [9.17, 15) is 5.11 Å². The minimum Gasteiger partial charge on any atom is -0.508 e. The number of hydrogen-bond acceptors (Lipinski definition) is 3. The second-order valence-corrected chi connectivity index (χ2v) is 3.80. The normalized spacial score (nSPS) is 10.4. The van der Waals surface area contributed by atoms with E-state index in [2.05, 4.69) is 10.4 Å². The second-order valence-electron chi connectivity index (χ2n) is 3.80. The first-order valence-electron chi connectivity index (χ1n) is 5.17. The monoisotopic (exact) mass is 217 g/mol. The molecule has 2 N–H and O–H groups in total. The molecule has 4 nitrogen and oxygen atoms in total. The molecule has 1 aromatic carbocycles. The first-order chi connectivity index (χ1) is 7.66. The summed E-state index contributed by atoms with van der Waals surface area (Å²) in [4.78, 5) is 0. The van der Waals surface area contributed by atoms with E-state index in [0.717, 1.165) is 23.5 Å². The van der Waals surface area contributed by atoms with Crippen molar-refractivity contribution in [2.24, 2.45) is 7.05 Å². The van der Waals surface area contributed by atoms with Gasteiger partial charge in [0.1, 0.15) is 5.75 Å². The number of phenolic OH excluding ortho intramolecular Hbond substituents is 1. The molecule has 2 rings (SSSR count). The van der Waals surface area contributed by atoms with Crippen molar-refractivity contribution in [3.05, 3.63) is 41.7 Å². The molecule has 0 aliphatic rings. The van der Waals surface area contributed by atoms with E-state index in [4.69, 9.17) is 0 Å². The molecule has 4 heteroatoms. The number of anilines is 1. The van der Waals surface area contributed by atoms with Crippen LogP contribution in [0.25, 0.3) is 0 Å². The van der Waals surface area contributed by atoms with Crippen LogP contribution >= 0.6 is 0 Å². The van der Waals surface area contributed by atoms with Crippen molar-refractivity contribution in [3.63, 3.8) is 0 Å². The van der Waals surface area contributed by atoms with Crippen LogP contribution in [0.3, 0.4) is 0 Å². The number of phenols is 1. The van der Waals surface area contributed by atoms with Gasteiger partial charge in [0.15, 0.2) is 0 Å². The van der Waals surface area contributed by atoms with E-state index in [1.54, 1.807) is 12.3 Å². The molecule has 1 aromatic heterocycles. The van der Waals surface area contributed by atoms with Crippen molar-refractivity contribution in [2.75, 3.05) is 5.32 Å². The smallest absolute Gasteiger partial charge is 0.118 e. The van der Waals surface area contributed by atoms with E-state index in [0.29, 0.717) is 5.75 Å². The highest BCUT2D eigenvalue weighted by atomic mass is 16.3. The minimum atomic E-state index is 0.325. The quantitative estimate of drug-likeness (QED) is 0.773. The third-order valence-electron chi connectivity index (χ3n) is 2.59. The number of nitrogens with zero attached hydrogens (tertiary/aromatic N) is 2. The zero-order valence-electron chi connectivity index (χ0n) is 9.44. The number of aryl methyl sites for hydroxylation is 2. The topological polar surface area (TPSA) is 50.1 Å². The second kappa shape index (κ2) is 4.26. The molecular weight excluding hydrogens is 202 g/mol. The summed E-state index contributed by atoms with van der Waals surface area (Å²) >= 11 is 0. The molecule has 0 saturated heterocycles. The number of aromatic nitrogens is 2. The molecule has 0 aliphatic carbocycles. The first-order valence-corrected chi connectivity index (χ1v) is 5.17. The van der Waals surface area contributed by atoms with Gasteiger partial charge in [-0.15, -0.1) is 0 Å². The highest BCUT2D eigenvalue weighted by molar-refractivity contribution is 5.50. The van der Waals surface area contributed by atoms with Gasteiger partial charge in [0.25, 0.3) is 0 Å². The minimum absolute atomic E-state index is 0.325. The van der Waals surface area contributed by atoms with Crippen LogP contribution in [0.4, 0.5) is 5.69 Å². The van der Waals surface area contributed by atoms with E-state index in [1.165, 1.54) is 0 Å². The summed E-state index contributed by atoms with van der Waals surface area (Å²) in [6, 6.07) is 7.45. The number of rotatable bonds is 3. The first kappa shape index (κ1) is 10.5. The number of hydrogen-bond donors (Lipinski definition) is 2. The van der Waals surface area contributed by atoms with Crippen LogP contribution in [0.2, 0.25) is 0 Å². The molecule has 0 spiro atoms. The highest BCUT2D eigenvalue weighted by Crippen LogP contribution is 2.20. The Morgan fingerprint density at radius 2 is 2.19 bits per heavy atom. The zero-order valence-corrected chi connectivity index (χ0v) is 9.44. The Hall–Kier alpha value is -1.97. The molecule has 0 unspecified atom stereocenters. The van der Waals surface area contributed by atoms with Crippen molar-refractivity contribution in [2.45, 2.75) is 13.5 Å². The standard InChI is InChI=1S/C12H15N3O/c1-9-7-10(3-4-12(9)16)13-8-11-5-6-14-15(11)2/h3-7,13,16H,8H2,1-2H3. The average molecular weight is 217 g/mol. The van der Waals surface area contributed by atoms with Crippen molar-refractivity contribution < 1.29 is 5.11 Å². The van der Waals surface area contributed by atoms with Gasteiger partial charge in [-0.05, 0) is 36.8 Å². The number of aromatic hydroxyl groups is 1. The van der Waals surface area contributed by atoms with Crippen LogP contribution < -0.4 is 5.32 Å². The molecule has 1 heterocycles. The highest BCUT2D eigenvalue weighted by Gasteiger charge is 2.00. The molecule has 0 saturated carbocycles. The van der Waals surface area contributed by atoms with Gasteiger partial charge < -0.3 is 10.4 Å². The van der Waals surface area contributed by atoms with Crippen LogP contribution in [-0.2, 0) is 13.6 Å². The third-order valence-corrected chi connectivity index (χ3v) is 2.59. The molecule has 84 valence electrons.